The van der Waals surface area contributed by atoms with Gasteiger partial charge >= 0.3 is 0 Å². The van der Waals surface area contributed by atoms with Crippen molar-refractivity contribution in [3.05, 3.63) is 41.5 Å². The molecule has 1 aliphatic rings. The van der Waals surface area contributed by atoms with Gasteiger partial charge in [0, 0.05) is 6.07 Å². The molecule has 0 aliphatic heterocycles. The van der Waals surface area contributed by atoms with Crippen LogP contribution in [0.15, 0.2) is 24.3 Å². The minimum Gasteiger partial charge on any atom is -0.207 e. The lowest BCUT2D eigenvalue weighted by atomic mass is 9.84. The Hall–Kier alpha value is -1.18. The zero-order valence-electron chi connectivity index (χ0n) is 11.6. The fraction of sp³-hybridized carbons (Fsp3) is 0.529. The van der Waals surface area contributed by atoms with Gasteiger partial charge in [-0.25, -0.2) is 8.78 Å². The topological polar surface area (TPSA) is 0 Å². The molecule has 0 saturated carbocycles. The van der Waals surface area contributed by atoms with Gasteiger partial charge in [-0.3, -0.25) is 0 Å². The van der Waals surface area contributed by atoms with Crippen molar-refractivity contribution in [2.24, 2.45) is 5.92 Å². The van der Waals surface area contributed by atoms with Crippen molar-refractivity contribution in [2.75, 3.05) is 0 Å². The van der Waals surface area contributed by atoms with E-state index in [-0.39, 0.29) is 0 Å². The lowest BCUT2D eigenvalue weighted by Crippen LogP contribution is -2.05. The number of hydrogen-bond acceptors (Lipinski definition) is 0. The smallest absolute Gasteiger partial charge is 0.126 e. The third kappa shape index (κ3) is 4.15. The van der Waals surface area contributed by atoms with E-state index in [0.717, 1.165) is 36.8 Å². The van der Waals surface area contributed by atoms with Gasteiger partial charge < -0.3 is 0 Å². The van der Waals surface area contributed by atoms with E-state index in [1.54, 1.807) is 0 Å². The van der Waals surface area contributed by atoms with Crippen LogP contribution in [0.3, 0.4) is 0 Å². The van der Waals surface area contributed by atoms with Gasteiger partial charge in [0.1, 0.15) is 11.6 Å². The number of halogens is 2. The van der Waals surface area contributed by atoms with E-state index >= 15 is 0 Å². The summed E-state index contributed by atoms with van der Waals surface area (Å²) < 4.78 is 26.4. The van der Waals surface area contributed by atoms with E-state index in [1.807, 2.05) is 0 Å². The molecule has 2 heteroatoms. The lowest BCUT2D eigenvalue weighted by Gasteiger charge is -2.22. The van der Waals surface area contributed by atoms with Crippen LogP contribution in [0.25, 0.3) is 5.57 Å². The second kappa shape index (κ2) is 6.83. The normalized spacial score (nSPS) is 19.3. The Kier molecular flexibility index (Phi) is 5.12. The molecule has 0 spiro atoms. The molecule has 104 valence electrons. The first-order valence-corrected chi connectivity index (χ1v) is 7.34. The van der Waals surface area contributed by atoms with Crippen molar-refractivity contribution in [2.45, 2.75) is 51.9 Å². The van der Waals surface area contributed by atoms with Gasteiger partial charge in [0.05, 0.1) is 0 Å². The van der Waals surface area contributed by atoms with Crippen LogP contribution in [0.5, 0.6) is 0 Å². The fourth-order valence-electron chi connectivity index (χ4n) is 2.84. The summed E-state index contributed by atoms with van der Waals surface area (Å²) in [6.07, 6.45) is 10.5. The zero-order chi connectivity index (χ0) is 13.7. The molecule has 1 aromatic carbocycles. The minimum atomic E-state index is -0.485. The summed E-state index contributed by atoms with van der Waals surface area (Å²) in [5.74, 6) is -0.212. The number of unbranched alkanes of at least 4 members (excludes halogenated alkanes) is 2. The summed E-state index contributed by atoms with van der Waals surface area (Å²) in [5.41, 5.74) is 1.81. The maximum atomic E-state index is 13.2. The second-order valence-corrected chi connectivity index (χ2v) is 5.52. The Morgan fingerprint density at radius 3 is 2.42 bits per heavy atom. The highest BCUT2D eigenvalue weighted by Gasteiger charge is 2.16. The van der Waals surface area contributed by atoms with Gasteiger partial charge in [-0.05, 0) is 48.4 Å². The van der Waals surface area contributed by atoms with Gasteiger partial charge in [-0.2, -0.15) is 0 Å². The van der Waals surface area contributed by atoms with Crippen molar-refractivity contribution in [3.63, 3.8) is 0 Å². The molecule has 0 N–H and O–H groups in total. The number of hydrogen-bond donors (Lipinski definition) is 0. The Labute approximate surface area is 114 Å². The number of benzene rings is 1. The lowest BCUT2D eigenvalue weighted by molar-refractivity contribution is 0.428. The van der Waals surface area contributed by atoms with E-state index in [2.05, 4.69) is 13.0 Å². The molecule has 0 radical (unpaired) electrons. The molecule has 1 atom stereocenters. The molecule has 0 heterocycles. The average molecular weight is 264 g/mol. The molecule has 2 rings (SSSR count). The van der Waals surface area contributed by atoms with Gasteiger partial charge in [0.15, 0.2) is 0 Å². The summed E-state index contributed by atoms with van der Waals surface area (Å²) in [4.78, 5) is 0. The molecular weight excluding hydrogens is 242 g/mol. The van der Waals surface area contributed by atoms with E-state index in [1.165, 1.54) is 37.8 Å². The third-order valence-electron chi connectivity index (χ3n) is 3.97. The van der Waals surface area contributed by atoms with Crippen LogP contribution >= 0.6 is 0 Å². The molecular formula is C17H22F2. The van der Waals surface area contributed by atoms with E-state index in [9.17, 15) is 8.78 Å². The van der Waals surface area contributed by atoms with Crippen LogP contribution in [0.4, 0.5) is 8.78 Å². The highest BCUT2D eigenvalue weighted by atomic mass is 19.1. The summed E-state index contributed by atoms with van der Waals surface area (Å²) in [5, 5.41) is 0. The van der Waals surface area contributed by atoms with Gasteiger partial charge in [0.2, 0.25) is 0 Å². The molecule has 0 aromatic heterocycles. The average Bonchev–Trinajstić information content (AvgIpc) is 2.39. The Bertz CT molecular complexity index is 428. The number of allylic oxidation sites excluding steroid dienone is 2. The SMILES string of the molecule is CCCCCC1CC=C(c2cc(F)cc(F)c2)CC1. The van der Waals surface area contributed by atoms with Crippen LogP contribution in [0.2, 0.25) is 0 Å². The van der Waals surface area contributed by atoms with Gasteiger partial charge in [-0.15, -0.1) is 0 Å². The molecule has 0 saturated heterocycles. The van der Waals surface area contributed by atoms with Crippen LogP contribution in [-0.2, 0) is 0 Å². The minimum absolute atomic E-state index is 0.485. The van der Waals surface area contributed by atoms with Gasteiger partial charge in [-0.1, -0.05) is 38.7 Å². The highest BCUT2D eigenvalue weighted by molar-refractivity contribution is 5.66. The Balaban J connectivity index is 1.96. The molecule has 0 nitrogen and oxygen atoms in total. The zero-order valence-corrected chi connectivity index (χ0v) is 11.6. The van der Waals surface area contributed by atoms with Crippen molar-refractivity contribution < 1.29 is 8.78 Å². The fourth-order valence-corrected chi connectivity index (χ4v) is 2.84. The standard InChI is InChI=1S/C17H22F2/c1-2-3-4-5-13-6-8-14(9-7-13)15-10-16(18)12-17(19)11-15/h8,10-13H,2-7,9H2,1H3. The summed E-state index contributed by atoms with van der Waals surface area (Å²) in [6, 6.07) is 3.80. The third-order valence-corrected chi connectivity index (χ3v) is 3.97. The van der Waals surface area contributed by atoms with Crippen molar-refractivity contribution in [1.29, 1.82) is 0 Å². The predicted molar refractivity (Wildman–Crippen MR) is 75.8 cm³/mol. The predicted octanol–water partition coefficient (Wildman–Crippen LogP) is 5.73. The largest absolute Gasteiger partial charge is 0.207 e. The Morgan fingerprint density at radius 2 is 1.84 bits per heavy atom. The maximum absolute atomic E-state index is 13.2. The summed E-state index contributed by atoms with van der Waals surface area (Å²) in [7, 11) is 0. The van der Waals surface area contributed by atoms with Crippen LogP contribution in [-0.4, -0.2) is 0 Å². The van der Waals surface area contributed by atoms with Crippen molar-refractivity contribution >= 4 is 5.57 Å². The van der Waals surface area contributed by atoms with Gasteiger partial charge in [0.25, 0.3) is 0 Å². The monoisotopic (exact) mass is 264 g/mol. The highest BCUT2D eigenvalue weighted by Crippen LogP contribution is 2.33. The molecule has 1 aliphatic carbocycles. The molecule has 19 heavy (non-hydrogen) atoms. The van der Waals surface area contributed by atoms with Crippen LogP contribution in [0.1, 0.15) is 57.4 Å². The first-order chi connectivity index (χ1) is 9.19. The molecule has 0 bridgehead atoms. The molecule has 1 aromatic rings. The first-order valence-electron chi connectivity index (χ1n) is 7.34. The summed E-state index contributed by atoms with van der Waals surface area (Å²) in [6.45, 7) is 2.22. The van der Waals surface area contributed by atoms with Crippen LogP contribution in [0, 0.1) is 17.6 Å². The van der Waals surface area contributed by atoms with Crippen molar-refractivity contribution in [3.8, 4) is 0 Å². The maximum Gasteiger partial charge on any atom is 0.126 e. The van der Waals surface area contributed by atoms with E-state index in [0.29, 0.717) is 5.56 Å². The molecule has 0 fully saturated rings. The summed E-state index contributed by atoms with van der Waals surface area (Å²) >= 11 is 0. The molecule has 0 amide bonds. The number of rotatable bonds is 5. The Morgan fingerprint density at radius 1 is 1.11 bits per heavy atom. The van der Waals surface area contributed by atoms with Crippen molar-refractivity contribution in [1.82, 2.24) is 0 Å². The molecule has 1 unspecified atom stereocenters. The van der Waals surface area contributed by atoms with E-state index in [4.69, 9.17) is 0 Å². The second-order valence-electron chi connectivity index (χ2n) is 5.52. The van der Waals surface area contributed by atoms with E-state index < -0.39 is 11.6 Å². The quantitative estimate of drug-likeness (QED) is 0.596. The first kappa shape index (κ1) is 14.2. The van der Waals surface area contributed by atoms with Crippen LogP contribution < -0.4 is 0 Å².